The molecule has 0 radical (unpaired) electrons. The van der Waals surface area contributed by atoms with Crippen LogP contribution in [0, 0.1) is 11.8 Å². The second kappa shape index (κ2) is 11.6. The number of ether oxygens (including phenoxy) is 6. The molecule has 10 heteroatoms. The molecule has 0 saturated heterocycles. The van der Waals surface area contributed by atoms with E-state index in [1.54, 1.807) is 12.1 Å². The van der Waals surface area contributed by atoms with E-state index in [1.807, 2.05) is 0 Å². The van der Waals surface area contributed by atoms with Crippen molar-refractivity contribution in [2.75, 3.05) is 41.7 Å². The average molecular weight is 567 g/mol. The Morgan fingerprint density at radius 1 is 0.659 bits per heavy atom. The first-order valence-electron chi connectivity index (χ1n) is 13.4. The van der Waals surface area contributed by atoms with Gasteiger partial charge in [0.15, 0.2) is 34.2 Å². The van der Waals surface area contributed by atoms with Gasteiger partial charge in [0.25, 0.3) is 0 Å². The second-order valence-electron chi connectivity index (χ2n) is 10.1. The van der Waals surface area contributed by atoms with E-state index in [2.05, 4.69) is 0 Å². The van der Waals surface area contributed by atoms with Crippen molar-refractivity contribution in [2.45, 2.75) is 33.1 Å². The van der Waals surface area contributed by atoms with Gasteiger partial charge >= 0.3 is 0 Å². The van der Waals surface area contributed by atoms with Crippen LogP contribution in [-0.2, 0) is 0 Å². The van der Waals surface area contributed by atoms with Crippen LogP contribution in [0.4, 0.5) is 0 Å². The lowest BCUT2D eigenvalue weighted by atomic mass is 10.0. The van der Waals surface area contributed by atoms with Crippen molar-refractivity contribution < 1.29 is 46.8 Å². The number of fused-ring (bicyclic) bond motifs is 2. The molecule has 5 rings (SSSR count). The molecule has 2 atom stereocenters. The van der Waals surface area contributed by atoms with E-state index in [-0.39, 0.29) is 23.4 Å². The van der Waals surface area contributed by atoms with Crippen LogP contribution in [-0.4, -0.2) is 53.2 Å². The second-order valence-corrected chi connectivity index (χ2v) is 10.1. The molecule has 41 heavy (non-hydrogen) atoms. The van der Waals surface area contributed by atoms with E-state index in [1.165, 1.54) is 54.8 Å². The Balaban J connectivity index is 1.34. The summed E-state index contributed by atoms with van der Waals surface area (Å²) in [5.41, 5.74) is 1.56. The molecule has 1 aliphatic rings. The van der Waals surface area contributed by atoms with E-state index in [0.29, 0.717) is 80.8 Å². The third kappa shape index (κ3) is 4.92. The van der Waals surface area contributed by atoms with Gasteiger partial charge < -0.3 is 37.3 Å². The minimum Gasteiger partial charge on any atom is -0.495 e. The molecule has 0 amide bonds. The molecule has 2 heterocycles. The summed E-state index contributed by atoms with van der Waals surface area (Å²) < 4.78 is 46.2. The number of benzene rings is 2. The van der Waals surface area contributed by atoms with Gasteiger partial charge in [-0.05, 0) is 57.1 Å². The Bertz CT molecular complexity index is 1480. The van der Waals surface area contributed by atoms with Crippen LogP contribution in [0.1, 0.15) is 53.8 Å². The van der Waals surface area contributed by atoms with Gasteiger partial charge in [0, 0.05) is 0 Å². The van der Waals surface area contributed by atoms with Crippen molar-refractivity contribution in [3.8, 4) is 34.5 Å². The standard InChI is InChI=1S/C31H34O10/c1-16(32)22-24(34-3)20-9-11-38-26(20)30(36-5)28(22)40-14-18-7-8-19(13-18)15-41-29-23(17(2)33)25(35-4)21-10-12-39-27(21)31(29)37-6/h9-12,18-19H,7-8,13-15H2,1-6H3. The summed E-state index contributed by atoms with van der Waals surface area (Å²) in [5, 5.41) is 1.29. The molecule has 2 aromatic carbocycles. The first-order chi connectivity index (χ1) is 19.8. The summed E-state index contributed by atoms with van der Waals surface area (Å²) in [6.45, 7) is 3.68. The summed E-state index contributed by atoms with van der Waals surface area (Å²) in [4.78, 5) is 25.3. The number of Topliss-reactive ketones (excluding diaryl/α,β-unsaturated/α-hetero) is 2. The largest absolute Gasteiger partial charge is 0.495 e. The number of rotatable bonds is 12. The zero-order valence-electron chi connectivity index (χ0n) is 24.1. The maximum atomic E-state index is 12.7. The molecule has 1 saturated carbocycles. The molecule has 2 aromatic heterocycles. The fourth-order valence-corrected chi connectivity index (χ4v) is 5.83. The Morgan fingerprint density at radius 2 is 1.05 bits per heavy atom. The van der Waals surface area contributed by atoms with Crippen molar-refractivity contribution in [2.24, 2.45) is 11.8 Å². The van der Waals surface area contributed by atoms with E-state index in [4.69, 9.17) is 37.3 Å². The van der Waals surface area contributed by atoms with Crippen molar-refractivity contribution in [3.63, 3.8) is 0 Å². The molecule has 2 unspecified atom stereocenters. The summed E-state index contributed by atoms with van der Waals surface area (Å²) in [6.07, 6.45) is 5.69. The first-order valence-corrected chi connectivity index (χ1v) is 13.4. The highest BCUT2D eigenvalue weighted by Crippen LogP contribution is 2.48. The van der Waals surface area contributed by atoms with Gasteiger partial charge in [0.2, 0.25) is 11.5 Å². The lowest BCUT2D eigenvalue weighted by Gasteiger charge is -2.20. The van der Waals surface area contributed by atoms with Crippen LogP contribution >= 0.6 is 0 Å². The van der Waals surface area contributed by atoms with E-state index >= 15 is 0 Å². The molecule has 1 aliphatic carbocycles. The van der Waals surface area contributed by atoms with Gasteiger partial charge in [0.1, 0.15) is 22.6 Å². The predicted molar refractivity (Wildman–Crippen MR) is 150 cm³/mol. The molecule has 0 aliphatic heterocycles. The molecule has 0 bridgehead atoms. The van der Waals surface area contributed by atoms with Gasteiger partial charge in [-0.1, -0.05) is 0 Å². The third-order valence-electron chi connectivity index (χ3n) is 7.65. The highest BCUT2D eigenvalue weighted by molar-refractivity contribution is 6.09. The number of methoxy groups -OCH3 is 4. The maximum Gasteiger partial charge on any atom is 0.205 e. The average Bonchev–Trinajstić information content (AvgIpc) is 3.73. The fraction of sp³-hybridized carbons (Fsp3) is 0.419. The maximum absolute atomic E-state index is 12.7. The Morgan fingerprint density at radius 3 is 1.39 bits per heavy atom. The van der Waals surface area contributed by atoms with Crippen LogP contribution in [0.2, 0.25) is 0 Å². The Hall–Kier alpha value is -4.34. The van der Waals surface area contributed by atoms with Gasteiger partial charge in [-0.15, -0.1) is 0 Å². The summed E-state index contributed by atoms with van der Waals surface area (Å²) in [6, 6.07) is 3.47. The zero-order valence-corrected chi connectivity index (χ0v) is 24.1. The van der Waals surface area contributed by atoms with Crippen molar-refractivity contribution in [1.82, 2.24) is 0 Å². The lowest BCUT2D eigenvalue weighted by molar-refractivity contribution is 0.0996. The molecule has 0 N–H and O–H groups in total. The molecule has 218 valence electrons. The number of furan rings is 2. The minimum absolute atomic E-state index is 0.199. The van der Waals surface area contributed by atoms with Crippen LogP contribution < -0.4 is 28.4 Å². The summed E-state index contributed by atoms with van der Waals surface area (Å²) in [5.74, 6) is 2.17. The van der Waals surface area contributed by atoms with E-state index < -0.39 is 0 Å². The van der Waals surface area contributed by atoms with Crippen molar-refractivity contribution in [3.05, 3.63) is 35.8 Å². The molecule has 4 aromatic rings. The number of ketones is 2. The minimum atomic E-state index is -0.199. The monoisotopic (exact) mass is 566 g/mol. The molecular weight excluding hydrogens is 532 g/mol. The van der Waals surface area contributed by atoms with E-state index in [9.17, 15) is 9.59 Å². The molecule has 1 fully saturated rings. The number of carbonyl (C=O) groups excluding carboxylic acids is 2. The normalized spacial score (nSPS) is 16.6. The predicted octanol–water partition coefficient (Wildman–Crippen LogP) is 6.49. The fourth-order valence-electron chi connectivity index (χ4n) is 5.83. The van der Waals surface area contributed by atoms with E-state index in [0.717, 1.165) is 19.3 Å². The zero-order chi connectivity index (χ0) is 29.3. The molecule has 10 nitrogen and oxygen atoms in total. The van der Waals surface area contributed by atoms with Crippen LogP contribution in [0.3, 0.4) is 0 Å². The number of hydrogen-bond donors (Lipinski definition) is 0. The highest BCUT2D eigenvalue weighted by atomic mass is 16.5. The van der Waals surface area contributed by atoms with Crippen LogP contribution in [0.15, 0.2) is 33.5 Å². The van der Waals surface area contributed by atoms with Gasteiger partial charge in [0.05, 0.1) is 65.0 Å². The van der Waals surface area contributed by atoms with Gasteiger partial charge in [-0.3, -0.25) is 9.59 Å². The van der Waals surface area contributed by atoms with Crippen molar-refractivity contribution in [1.29, 1.82) is 0 Å². The highest BCUT2D eigenvalue weighted by Gasteiger charge is 2.32. The number of hydrogen-bond acceptors (Lipinski definition) is 10. The quantitative estimate of drug-likeness (QED) is 0.176. The molecule has 0 spiro atoms. The summed E-state index contributed by atoms with van der Waals surface area (Å²) >= 11 is 0. The van der Waals surface area contributed by atoms with Crippen molar-refractivity contribution >= 4 is 33.5 Å². The SMILES string of the molecule is COc1c(C(C)=O)c(OCC2CCC(COc3c(C(C)=O)c(OC)c4ccoc4c3OC)C2)c(OC)c2occc12. The van der Waals surface area contributed by atoms with Gasteiger partial charge in [-0.2, -0.15) is 0 Å². The Kier molecular flexibility index (Phi) is 8.01. The lowest BCUT2D eigenvalue weighted by Crippen LogP contribution is -2.15. The van der Waals surface area contributed by atoms with Crippen LogP contribution in [0.5, 0.6) is 34.5 Å². The first kappa shape index (κ1) is 28.2. The third-order valence-corrected chi connectivity index (χ3v) is 7.65. The summed E-state index contributed by atoms with van der Waals surface area (Å²) in [7, 11) is 6.06. The van der Waals surface area contributed by atoms with Crippen LogP contribution in [0.25, 0.3) is 21.9 Å². The Labute approximate surface area is 237 Å². The topological polar surface area (TPSA) is 116 Å². The number of carbonyl (C=O) groups is 2. The smallest absolute Gasteiger partial charge is 0.205 e. The van der Waals surface area contributed by atoms with Gasteiger partial charge in [-0.25, -0.2) is 0 Å². The molecular formula is C31H34O10.